The zero-order chi connectivity index (χ0) is 14.5. The molecule has 2 nitrogen and oxygen atoms in total. The summed E-state index contributed by atoms with van der Waals surface area (Å²) in [5.41, 5.74) is 3.06. The molecule has 1 N–H and O–H groups in total. The fourth-order valence-corrected chi connectivity index (χ4v) is 2.12. The van der Waals surface area contributed by atoms with E-state index in [0.717, 1.165) is 5.56 Å². The van der Waals surface area contributed by atoms with Crippen molar-refractivity contribution in [1.29, 1.82) is 0 Å². The lowest BCUT2D eigenvalue weighted by atomic mass is 10.0. The maximum Gasteiger partial charge on any atom is 0.251 e. The summed E-state index contributed by atoms with van der Waals surface area (Å²) in [7, 11) is 0. The standard InChI is InChI=1S/C18H21NO/c1-13(2)15-9-11-17(12-10-15)18(20)19-14(3)16-7-5-4-6-8-16/h4-14H,1-3H3,(H,19,20)/t14-/m1/s1. The van der Waals surface area contributed by atoms with Crippen LogP contribution in [0.4, 0.5) is 0 Å². The Morgan fingerprint density at radius 3 is 2.00 bits per heavy atom. The molecule has 1 amide bonds. The minimum absolute atomic E-state index is 0.00785. The van der Waals surface area contributed by atoms with Gasteiger partial charge in [0.25, 0.3) is 5.91 Å². The molecule has 0 aromatic heterocycles. The molecule has 0 radical (unpaired) electrons. The highest BCUT2D eigenvalue weighted by Gasteiger charge is 2.11. The molecular formula is C18H21NO. The number of carbonyl (C=O) groups is 1. The molecule has 104 valence electrons. The first-order valence-corrected chi connectivity index (χ1v) is 7.03. The van der Waals surface area contributed by atoms with Crippen molar-refractivity contribution in [2.45, 2.75) is 32.7 Å². The Morgan fingerprint density at radius 1 is 0.850 bits per heavy atom. The van der Waals surface area contributed by atoms with Gasteiger partial charge in [0.05, 0.1) is 6.04 Å². The Balaban J connectivity index is 2.05. The second-order valence-corrected chi connectivity index (χ2v) is 5.38. The zero-order valence-electron chi connectivity index (χ0n) is 12.3. The Labute approximate surface area is 120 Å². The lowest BCUT2D eigenvalue weighted by molar-refractivity contribution is 0.0940. The molecule has 2 aromatic carbocycles. The molecule has 0 aliphatic rings. The average Bonchev–Trinajstić information content (AvgIpc) is 2.48. The minimum Gasteiger partial charge on any atom is -0.346 e. The summed E-state index contributed by atoms with van der Waals surface area (Å²) >= 11 is 0. The van der Waals surface area contributed by atoms with Crippen LogP contribution in [0.25, 0.3) is 0 Å². The summed E-state index contributed by atoms with van der Waals surface area (Å²) in [5.74, 6) is 0.451. The molecule has 0 aliphatic carbocycles. The van der Waals surface area contributed by atoms with E-state index in [-0.39, 0.29) is 11.9 Å². The number of amides is 1. The smallest absolute Gasteiger partial charge is 0.251 e. The number of hydrogen-bond acceptors (Lipinski definition) is 1. The summed E-state index contributed by atoms with van der Waals surface area (Å²) in [6.07, 6.45) is 0. The van der Waals surface area contributed by atoms with Gasteiger partial charge in [0.2, 0.25) is 0 Å². The van der Waals surface area contributed by atoms with Gasteiger partial charge in [0.1, 0.15) is 0 Å². The Morgan fingerprint density at radius 2 is 1.45 bits per heavy atom. The molecule has 0 fully saturated rings. The van der Waals surface area contributed by atoms with Crippen LogP contribution in [0.15, 0.2) is 54.6 Å². The van der Waals surface area contributed by atoms with Gasteiger partial charge in [0, 0.05) is 5.56 Å². The van der Waals surface area contributed by atoms with Crippen molar-refractivity contribution in [3.63, 3.8) is 0 Å². The van der Waals surface area contributed by atoms with Crippen LogP contribution in [0.5, 0.6) is 0 Å². The second kappa shape index (κ2) is 6.38. The molecule has 2 rings (SSSR count). The molecule has 20 heavy (non-hydrogen) atoms. The normalized spacial score (nSPS) is 12.2. The topological polar surface area (TPSA) is 29.1 Å². The van der Waals surface area contributed by atoms with E-state index in [4.69, 9.17) is 0 Å². The molecule has 2 aromatic rings. The number of hydrogen-bond donors (Lipinski definition) is 1. The van der Waals surface area contributed by atoms with Gasteiger partial charge in [-0.25, -0.2) is 0 Å². The van der Waals surface area contributed by atoms with Crippen LogP contribution in [0, 0.1) is 0 Å². The lowest BCUT2D eigenvalue weighted by Gasteiger charge is -2.14. The van der Waals surface area contributed by atoms with Gasteiger partial charge < -0.3 is 5.32 Å². The number of carbonyl (C=O) groups excluding carboxylic acids is 1. The number of rotatable bonds is 4. The fraction of sp³-hybridized carbons (Fsp3) is 0.278. The Hall–Kier alpha value is -2.09. The van der Waals surface area contributed by atoms with Crippen LogP contribution in [0.2, 0.25) is 0 Å². The summed E-state index contributed by atoms with van der Waals surface area (Å²) in [5, 5.41) is 3.02. The summed E-state index contributed by atoms with van der Waals surface area (Å²) < 4.78 is 0. The van der Waals surface area contributed by atoms with Gasteiger partial charge in [-0.05, 0) is 36.1 Å². The molecule has 0 bridgehead atoms. The van der Waals surface area contributed by atoms with Gasteiger partial charge in [0.15, 0.2) is 0 Å². The lowest BCUT2D eigenvalue weighted by Crippen LogP contribution is -2.26. The molecular weight excluding hydrogens is 246 g/mol. The van der Waals surface area contributed by atoms with E-state index >= 15 is 0 Å². The number of nitrogens with one attached hydrogen (secondary N) is 1. The number of benzene rings is 2. The van der Waals surface area contributed by atoms with Crippen LogP contribution in [0.1, 0.15) is 54.2 Å². The van der Waals surface area contributed by atoms with E-state index in [1.807, 2.05) is 61.5 Å². The van der Waals surface area contributed by atoms with Gasteiger partial charge >= 0.3 is 0 Å². The summed E-state index contributed by atoms with van der Waals surface area (Å²) in [4.78, 5) is 12.2. The molecule has 0 spiro atoms. The predicted octanol–water partition coefficient (Wildman–Crippen LogP) is 4.30. The van der Waals surface area contributed by atoms with Crippen LogP contribution in [-0.2, 0) is 0 Å². The van der Waals surface area contributed by atoms with E-state index in [1.54, 1.807) is 0 Å². The zero-order valence-corrected chi connectivity index (χ0v) is 12.3. The van der Waals surface area contributed by atoms with E-state index in [2.05, 4.69) is 19.2 Å². The first kappa shape index (κ1) is 14.3. The maximum absolute atomic E-state index is 12.2. The SMILES string of the molecule is CC(C)c1ccc(C(=O)N[C@H](C)c2ccccc2)cc1. The third-order valence-corrected chi connectivity index (χ3v) is 3.49. The summed E-state index contributed by atoms with van der Waals surface area (Å²) in [6, 6.07) is 17.8. The van der Waals surface area contributed by atoms with Gasteiger partial charge in [-0.15, -0.1) is 0 Å². The maximum atomic E-state index is 12.2. The van der Waals surface area contributed by atoms with E-state index in [0.29, 0.717) is 11.5 Å². The largest absolute Gasteiger partial charge is 0.346 e. The Bertz CT molecular complexity index is 558. The van der Waals surface area contributed by atoms with Crippen molar-refractivity contribution in [3.05, 3.63) is 71.3 Å². The van der Waals surface area contributed by atoms with E-state index < -0.39 is 0 Å². The summed E-state index contributed by atoms with van der Waals surface area (Å²) in [6.45, 7) is 6.29. The van der Waals surface area contributed by atoms with Crippen molar-refractivity contribution >= 4 is 5.91 Å². The molecule has 0 saturated carbocycles. The minimum atomic E-state index is -0.0309. The molecule has 2 heteroatoms. The molecule has 0 aliphatic heterocycles. The van der Waals surface area contributed by atoms with Crippen LogP contribution in [0.3, 0.4) is 0 Å². The fourth-order valence-electron chi connectivity index (χ4n) is 2.12. The van der Waals surface area contributed by atoms with Gasteiger partial charge in [-0.1, -0.05) is 56.3 Å². The Kier molecular flexibility index (Phi) is 4.57. The monoisotopic (exact) mass is 267 g/mol. The average molecular weight is 267 g/mol. The molecule has 0 heterocycles. The quantitative estimate of drug-likeness (QED) is 0.879. The molecule has 0 saturated heterocycles. The second-order valence-electron chi connectivity index (χ2n) is 5.38. The van der Waals surface area contributed by atoms with Crippen molar-refractivity contribution in [1.82, 2.24) is 5.32 Å². The molecule has 0 unspecified atom stereocenters. The third kappa shape index (κ3) is 3.47. The highest BCUT2D eigenvalue weighted by Crippen LogP contribution is 2.16. The molecule has 1 atom stereocenters. The van der Waals surface area contributed by atoms with Gasteiger partial charge in [-0.2, -0.15) is 0 Å². The van der Waals surface area contributed by atoms with E-state index in [1.165, 1.54) is 5.56 Å². The van der Waals surface area contributed by atoms with Crippen LogP contribution < -0.4 is 5.32 Å². The van der Waals surface area contributed by atoms with Gasteiger partial charge in [-0.3, -0.25) is 4.79 Å². The van der Waals surface area contributed by atoms with Crippen molar-refractivity contribution in [2.24, 2.45) is 0 Å². The van der Waals surface area contributed by atoms with Crippen LogP contribution in [-0.4, -0.2) is 5.91 Å². The van der Waals surface area contributed by atoms with Crippen molar-refractivity contribution < 1.29 is 4.79 Å². The van der Waals surface area contributed by atoms with Crippen molar-refractivity contribution in [3.8, 4) is 0 Å². The third-order valence-electron chi connectivity index (χ3n) is 3.49. The highest BCUT2D eigenvalue weighted by molar-refractivity contribution is 5.94. The van der Waals surface area contributed by atoms with Crippen LogP contribution >= 0.6 is 0 Å². The first-order valence-electron chi connectivity index (χ1n) is 7.03. The van der Waals surface area contributed by atoms with Crippen molar-refractivity contribution in [2.75, 3.05) is 0 Å². The first-order chi connectivity index (χ1) is 9.58. The highest BCUT2D eigenvalue weighted by atomic mass is 16.1. The van der Waals surface area contributed by atoms with E-state index in [9.17, 15) is 4.79 Å². The predicted molar refractivity (Wildman–Crippen MR) is 82.9 cm³/mol.